The number of aromatic nitrogens is 1. The summed E-state index contributed by atoms with van der Waals surface area (Å²) < 4.78 is 0. The third kappa shape index (κ3) is 1.29. The molecule has 3 rings (SSSR count). The maximum absolute atomic E-state index is 4.34. The number of nitrogens with one attached hydrogen (secondary N) is 1. The van der Waals surface area contributed by atoms with Crippen LogP contribution in [-0.4, -0.2) is 17.7 Å². The molecule has 0 unspecified atom stereocenters. The maximum atomic E-state index is 4.34. The van der Waals surface area contributed by atoms with Crippen LogP contribution >= 0.6 is 0 Å². The summed E-state index contributed by atoms with van der Waals surface area (Å²) in [7, 11) is 1.90. The van der Waals surface area contributed by atoms with Crippen LogP contribution in [-0.2, 0) is 12.8 Å². The van der Waals surface area contributed by atoms with Crippen molar-refractivity contribution >= 4 is 16.6 Å². The van der Waals surface area contributed by atoms with Crippen molar-refractivity contribution in [3.63, 3.8) is 0 Å². The molecule has 0 bridgehead atoms. The Morgan fingerprint density at radius 3 is 2.93 bits per heavy atom. The fourth-order valence-corrected chi connectivity index (χ4v) is 2.42. The molecule has 0 saturated heterocycles. The third-order valence-corrected chi connectivity index (χ3v) is 3.26. The van der Waals surface area contributed by atoms with Gasteiger partial charge in [0, 0.05) is 35.8 Å². The number of aromatic amines is 1. The minimum atomic E-state index is 1.02. The highest BCUT2D eigenvalue weighted by Crippen LogP contribution is 2.27. The second-order valence-corrected chi connectivity index (χ2v) is 4.09. The molecule has 0 aliphatic heterocycles. The number of para-hydroxylation sites is 1. The summed E-state index contributed by atoms with van der Waals surface area (Å²) in [5.41, 5.74) is 5.45. The predicted molar refractivity (Wildman–Crippen MR) is 63.7 cm³/mol. The lowest BCUT2D eigenvalue weighted by atomic mass is 9.94. The number of benzene rings is 1. The molecule has 0 atom stereocenters. The molecule has 0 saturated carbocycles. The highest BCUT2D eigenvalue weighted by atomic mass is 14.7. The van der Waals surface area contributed by atoms with Gasteiger partial charge >= 0.3 is 0 Å². The van der Waals surface area contributed by atoms with Crippen LogP contribution in [0.25, 0.3) is 10.9 Å². The Morgan fingerprint density at radius 1 is 1.20 bits per heavy atom. The van der Waals surface area contributed by atoms with E-state index in [1.807, 2.05) is 7.05 Å². The van der Waals surface area contributed by atoms with E-state index in [-0.39, 0.29) is 0 Å². The van der Waals surface area contributed by atoms with E-state index in [2.05, 4.69) is 34.2 Å². The normalized spacial score (nSPS) is 18.3. The van der Waals surface area contributed by atoms with Crippen LogP contribution in [0.3, 0.4) is 0 Å². The topological polar surface area (TPSA) is 28.1 Å². The van der Waals surface area contributed by atoms with Crippen LogP contribution in [0, 0.1) is 0 Å². The van der Waals surface area contributed by atoms with E-state index in [1.54, 1.807) is 0 Å². The van der Waals surface area contributed by atoms with Gasteiger partial charge in [-0.1, -0.05) is 18.2 Å². The van der Waals surface area contributed by atoms with Crippen LogP contribution < -0.4 is 0 Å². The minimum Gasteiger partial charge on any atom is -0.358 e. The van der Waals surface area contributed by atoms with Crippen molar-refractivity contribution < 1.29 is 0 Å². The van der Waals surface area contributed by atoms with E-state index in [9.17, 15) is 0 Å². The standard InChI is InChI=1S/C13H14N2/c1-14-9-6-7-13-11(8-9)10-4-2-3-5-12(10)15-13/h2-5,15H,6-8H2,1H3. The van der Waals surface area contributed by atoms with Crippen LogP contribution in [0.2, 0.25) is 0 Å². The molecule has 1 aliphatic carbocycles. The lowest BCUT2D eigenvalue weighted by molar-refractivity contribution is 0.918. The van der Waals surface area contributed by atoms with Gasteiger partial charge in [0.15, 0.2) is 0 Å². The smallest absolute Gasteiger partial charge is 0.0459 e. The molecule has 1 aromatic heterocycles. The number of H-pyrrole nitrogens is 1. The van der Waals surface area contributed by atoms with E-state index in [0.29, 0.717) is 0 Å². The molecule has 0 spiro atoms. The lowest BCUT2D eigenvalue weighted by Gasteiger charge is -2.13. The van der Waals surface area contributed by atoms with Crippen molar-refractivity contribution in [2.45, 2.75) is 19.3 Å². The zero-order valence-electron chi connectivity index (χ0n) is 8.88. The molecule has 2 aromatic rings. The molecule has 0 amide bonds. The van der Waals surface area contributed by atoms with Crippen molar-refractivity contribution in [1.82, 2.24) is 4.98 Å². The maximum Gasteiger partial charge on any atom is 0.0459 e. The number of fused-ring (bicyclic) bond motifs is 3. The quantitative estimate of drug-likeness (QED) is 0.674. The van der Waals surface area contributed by atoms with E-state index < -0.39 is 0 Å². The largest absolute Gasteiger partial charge is 0.358 e. The van der Waals surface area contributed by atoms with E-state index in [4.69, 9.17) is 0 Å². The molecule has 1 aromatic carbocycles. The molecule has 15 heavy (non-hydrogen) atoms. The summed E-state index contributed by atoms with van der Waals surface area (Å²) in [6.45, 7) is 0. The number of hydrogen-bond donors (Lipinski definition) is 1. The van der Waals surface area contributed by atoms with E-state index in [1.165, 1.54) is 27.9 Å². The summed E-state index contributed by atoms with van der Waals surface area (Å²) in [5.74, 6) is 0. The Bertz CT molecular complexity index is 534. The Labute approximate surface area is 89.0 Å². The van der Waals surface area contributed by atoms with Gasteiger partial charge in [0.2, 0.25) is 0 Å². The van der Waals surface area contributed by atoms with Crippen molar-refractivity contribution in [3.05, 3.63) is 35.5 Å². The summed E-state index contributed by atoms with van der Waals surface area (Å²) in [5, 5.41) is 1.37. The summed E-state index contributed by atoms with van der Waals surface area (Å²) in [4.78, 5) is 7.84. The molecule has 2 heteroatoms. The molecule has 1 N–H and O–H groups in total. The predicted octanol–water partition coefficient (Wildman–Crippen LogP) is 2.73. The monoisotopic (exact) mass is 198 g/mol. The molecular formula is C13H14N2. The molecule has 2 nitrogen and oxygen atoms in total. The zero-order chi connectivity index (χ0) is 10.3. The Kier molecular flexibility index (Phi) is 1.88. The van der Waals surface area contributed by atoms with E-state index >= 15 is 0 Å². The number of aliphatic imine (C=N–C) groups is 1. The fourth-order valence-electron chi connectivity index (χ4n) is 2.42. The molecule has 0 fully saturated rings. The van der Waals surface area contributed by atoms with Gasteiger partial charge in [-0.05, 0) is 24.5 Å². The Balaban J connectivity index is 2.22. The minimum absolute atomic E-state index is 1.02. The number of hydrogen-bond acceptors (Lipinski definition) is 1. The second-order valence-electron chi connectivity index (χ2n) is 4.09. The van der Waals surface area contributed by atoms with Gasteiger partial charge in [0.1, 0.15) is 0 Å². The van der Waals surface area contributed by atoms with Crippen molar-refractivity contribution in [1.29, 1.82) is 0 Å². The first-order chi connectivity index (χ1) is 7.38. The highest BCUT2D eigenvalue weighted by Gasteiger charge is 2.18. The number of aryl methyl sites for hydroxylation is 1. The molecule has 1 aliphatic rings. The van der Waals surface area contributed by atoms with Gasteiger partial charge in [-0.15, -0.1) is 0 Å². The molecular weight excluding hydrogens is 184 g/mol. The fraction of sp³-hybridized carbons (Fsp3) is 0.308. The summed E-state index contributed by atoms with van der Waals surface area (Å²) >= 11 is 0. The SMILES string of the molecule is CN=C1CCc2[nH]c3ccccc3c2C1. The second kappa shape index (κ2) is 3.23. The third-order valence-electron chi connectivity index (χ3n) is 3.26. The Morgan fingerprint density at radius 2 is 2.07 bits per heavy atom. The molecule has 1 heterocycles. The summed E-state index contributed by atoms with van der Waals surface area (Å²) in [6, 6.07) is 8.53. The van der Waals surface area contributed by atoms with E-state index in [0.717, 1.165) is 19.3 Å². The van der Waals surface area contributed by atoms with Crippen LogP contribution in [0.4, 0.5) is 0 Å². The van der Waals surface area contributed by atoms with Gasteiger partial charge in [0.05, 0.1) is 0 Å². The summed E-state index contributed by atoms with van der Waals surface area (Å²) in [6.07, 6.45) is 3.24. The average Bonchev–Trinajstić information content (AvgIpc) is 2.66. The van der Waals surface area contributed by atoms with Gasteiger partial charge in [-0.25, -0.2) is 0 Å². The highest BCUT2D eigenvalue weighted by molar-refractivity contribution is 5.95. The molecule has 0 radical (unpaired) electrons. The number of nitrogens with zero attached hydrogens (tertiary/aromatic N) is 1. The van der Waals surface area contributed by atoms with Crippen molar-refractivity contribution in [2.75, 3.05) is 7.05 Å². The first-order valence-electron chi connectivity index (χ1n) is 5.41. The average molecular weight is 198 g/mol. The van der Waals surface area contributed by atoms with Gasteiger partial charge in [-0.2, -0.15) is 0 Å². The van der Waals surface area contributed by atoms with Crippen LogP contribution in [0.5, 0.6) is 0 Å². The van der Waals surface area contributed by atoms with Gasteiger partial charge < -0.3 is 4.98 Å². The number of rotatable bonds is 0. The van der Waals surface area contributed by atoms with Crippen molar-refractivity contribution in [3.8, 4) is 0 Å². The van der Waals surface area contributed by atoms with Gasteiger partial charge in [-0.3, -0.25) is 4.99 Å². The lowest BCUT2D eigenvalue weighted by Crippen LogP contribution is -2.12. The first-order valence-corrected chi connectivity index (χ1v) is 5.41. The molecule has 76 valence electrons. The van der Waals surface area contributed by atoms with Crippen molar-refractivity contribution in [2.24, 2.45) is 4.99 Å². The zero-order valence-corrected chi connectivity index (χ0v) is 8.88. The first kappa shape index (κ1) is 8.72. The van der Waals surface area contributed by atoms with Gasteiger partial charge in [0.25, 0.3) is 0 Å². The van der Waals surface area contributed by atoms with Crippen LogP contribution in [0.15, 0.2) is 29.3 Å². The van der Waals surface area contributed by atoms with Crippen LogP contribution in [0.1, 0.15) is 17.7 Å². The Hall–Kier alpha value is -1.57.